The Morgan fingerprint density at radius 1 is 1.20 bits per heavy atom. The summed E-state index contributed by atoms with van der Waals surface area (Å²) in [6, 6.07) is 9.73. The Hall–Kier alpha value is -1.94. The van der Waals surface area contributed by atoms with E-state index in [1.54, 1.807) is 13.4 Å². The molecule has 20 heavy (non-hydrogen) atoms. The van der Waals surface area contributed by atoms with Gasteiger partial charge < -0.3 is 19.2 Å². The zero-order valence-electron chi connectivity index (χ0n) is 12.2. The molecule has 0 radical (unpaired) electrons. The zero-order chi connectivity index (χ0) is 14.4. The molecule has 1 N–H and O–H groups in total. The summed E-state index contributed by atoms with van der Waals surface area (Å²) in [5.41, 5.74) is 1.03. The maximum atomic E-state index is 5.88. The van der Waals surface area contributed by atoms with Crippen LogP contribution in [0.3, 0.4) is 0 Å². The Morgan fingerprint density at radius 2 is 2.00 bits per heavy atom. The van der Waals surface area contributed by atoms with Crippen molar-refractivity contribution in [3.63, 3.8) is 0 Å². The second kappa shape index (κ2) is 7.01. The first-order valence-corrected chi connectivity index (χ1v) is 6.81. The van der Waals surface area contributed by atoms with E-state index in [0.29, 0.717) is 6.61 Å². The SMILES string of the molecule is CCNC(C)c1c(OC)cccc1OCc1ccco1. The second-order valence-electron chi connectivity index (χ2n) is 4.52. The Kier molecular flexibility index (Phi) is 5.07. The molecule has 2 aromatic rings. The highest BCUT2D eigenvalue weighted by Crippen LogP contribution is 2.34. The van der Waals surface area contributed by atoms with Gasteiger partial charge in [0.05, 0.1) is 18.9 Å². The normalized spacial score (nSPS) is 12.2. The van der Waals surface area contributed by atoms with Gasteiger partial charge in [-0.15, -0.1) is 0 Å². The molecule has 1 aromatic heterocycles. The predicted octanol–water partition coefficient (Wildman–Crippen LogP) is 3.54. The third-order valence-corrected chi connectivity index (χ3v) is 3.14. The van der Waals surface area contributed by atoms with Crippen LogP contribution in [0.1, 0.15) is 31.2 Å². The van der Waals surface area contributed by atoms with Gasteiger partial charge in [0.25, 0.3) is 0 Å². The maximum absolute atomic E-state index is 5.88. The quantitative estimate of drug-likeness (QED) is 0.839. The molecule has 1 unspecified atom stereocenters. The van der Waals surface area contributed by atoms with Crippen LogP contribution in [-0.4, -0.2) is 13.7 Å². The first kappa shape index (κ1) is 14.5. The van der Waals surface area contributed by atoms with Crippen molar-refractivity contribution in [2.45, 2.75) is 26.5 Å². The second-order valence-corrected chi connectivity index (χ2v) is 4.52. The van der Waals surface area contributed by atoms with E-state index < -0.39 is 0 Å². The number of benzene rings is 1. The van der Waals surface area contributed by atoms with E-state index in [9.17, 15) is 0 Å². The Labute approximate surface area is 119 Å². The van der Waals surface area contributed by atoms with Crippen LogP contribution in [0.4, 0.5) is 0 Å². The standard InChI is InChI=1S/C16H21NO3/c1-4-17-12(2)16-14(18-3)8-5-9-15(16)20-11-13-7-6-10-19-13/h5-10,12,17H,4,11H2,1-3H3. The molecular formula is C16H21NO3. The Balaban J connectivity index is 2.21. The Morgan fingerprint density at radius 3 is 2.65 bits per heavy atom. The average Bonchev–Trinajstić information content (AvgIpc) is 2.98. The van der Waals surface area contributed by atoms with Crippen molar-refractivity contribution >= 4 is 0 Å². The molecule has 0 saturated carbocycles. The van der Waals surface area contributed by atoms with Crippen LogP contribution in [-0.2, 0) is 6.61 Å². The average molecular weight is 275 g/mol. The highest BCUT2D eigenvalue weighted by Gasteiger charge is 2.16. The van der Waals surface area contributed by atoms with Gasteiger partial charge in [-0.25, -0.2) is 0 Å². The number of methoxy groups -OCH3 is 1. The summed E-state index contributed by atoms with van der Waals surface area (Å²) in [6.45, 7) is 5.47. The summed E-state index contributed by atoms with van der Waals surface area (Å²) in [5, 5.41) is 3.39. The molecule has 0 bridgehead atoms. The maximum Gasteiger partial charge on any atom is 0.146 e. The van der Waals surface area contributed by atoms with Gasteiger partial charge in [0.1, 0.15) is 23.9 Å². The minimum absolute atomic E-state index is 0.155. The molecule has 2 rings (SSSR count). The van der Waals surface area contributed by atoms with Crippen molar-refractivity contribution in [3.8, 4) is 11.5 Å². The van der Waals surface area contributed by atoms with Crippen molar-refractivity contribution in [1.29, 1.82) is 0 Å². The van der Waals surface area contributed by atoms with Gasteiger partial charge in [0, 0.05) is 6.04 Å². The molecule has 1 heterocycles. The van der Waals surface area contributed by atoms with Gasteiger partial charge in [-0.3, -0.25) is 0 Å². The highest BCUT2D eigenvalue weighted by molar-refractivity contribution is 5.46. The van der Waals surface area contributed by atoms with Gasteiger partial charge in [-0.05, 0) is 37.7 Å². The van der Waals surface area contributed by atoms with Crippen molar-refractivity contribution in [3.05, 3.63) is 47.9 Å². The molecule has 0 saturated heterocycles. The number of hydrogen-bond donors (Lipinski definition) is 1. The molecule has 0 aliphatic rings. The molecule has 0 aliphatic heterocycles. The van der Waals surface area contributed by atoms with Gasteiger partial charge in [-0.1, -0.05) is 13.0 Å². The van der Waals surface area contributed by atoms with Crippen molar-refractivity contribution in [2.24, 2.45) is 0 Å². The summed E-state index contributed by atoms with van der Waals surface area (Å²) in [7, 11) is 1.67. The van der Waals surface area contributed by atoms with E-state index in [1.165, 1.54) is 0 Å². The molecule has 4 nitrogen and oxygen atoms in total. The van der Waals surface area contributed by atoms with Crippen LogP contribution in [0.25, 0.3) is 0 Å². The van der Waals surface area contributed by atoms with Crippen molar-refractivity contribution in [2.75, 3.05) is 13.7 Å². The third-order valence-electron chi connectivity index (χ3n) is 3.14. The molecule has 0 aliphatic carbocycles. The van der Waals surface area contributed by atoms with Gasteiger partial charge in [-0.2, -0.15) is 0 Å². The minimum atomic E-state index is 0.155. The molecule has 4 heteroatoms. The number of nitrogens with one attached hydrogen (secondary N) is 1. The first-order chi connectivity index (χ1) is 9.76. The number of furan rings is 1. The first-order valence-electron chi connectivity index (χ1n) is 6.81. The van der Waals surface area contributed by atoms with Crippen LogP contribution >= 0.6 is 0 Å². The van der Waals surface area contributed by atoms with Crippen LogP contribution in [0, 0.1) is 0 Å². The molecule has 1 atom stereocenters. The third kappa shape index (κ3) is 3.33. The summed E-state index contributed by atoms with van der Waals surface area (Å²) in [4.78, 5) is 0. The van der Waals surface area contributed by atoms with Crippen LogP contribution in [0.15, 0.2) is 41.0 Å². The highest BCUT2D eigenvalue weighted by atomic mass is 16.5. The fraction of sp³-hybridized carbons (Fsp3) is 0.375. The van der Waals surface area contributed by atoms with Crippen LogP contribution < -0.4 is 14.8 Å². The molecular weight excluding hydrogens is 254 g/mol. The predicted molar refractivity (Wildman–Crippen MR) is 78.1 cm³/mol. The lowest BCUT2D eigenvalue weighted by Gasteiger charge is -2.20. The van der Waals surface area contributed by atoms with E-state index in [0.717, 1.165) is 29.4 Å². The monoisotopic (exact) mass is 275 g/mol. The molecule has 1 aromatic carbocycles. The largest absolute Gasteiger partial charge is 0.496 e. The topological polar surface area (TPSA) is 43.6 Å². The zero-order valence-corrected chi connectivity index (χ0v) is 12.2. The van der Waals surface area contributed by atoms with Crippen LogP contribution in [0.5, 0.6) is 11.5 Å². The molecule has 0 fully saturated rings. The minimum Gasteiger partial charge on any atom is -0.496 e. The number of ether oxygens (including phenoxy) is 2. The van der Waals surface area contributed by atoms with Gasteiger partial charge in [0.2, 0.25) is 0 Å². The molecule has 0 amide bonds. The van der Waals surface area contributed by atoms with E-state index >= 15 is 0 Å². The van der Waals surface area contributed by atoms with E-state index in [2.05, 4.69) is 19.2 Å². The Bertz CT molecular complexity index is 523. The summed E-state index contributed by atoms with van der Waals surface area (Å²) >= 11 is 0. The van der Waals surface area contributed by atoms with Crippen molar-refractivity contribution in [1.82, 2.24) is 5.32 Å². The summed E-state index contributed by atoms with van der Waals surface area (Å²) in [5.74, 6) is 2.44. The summed E-state index contributed by atoms with van der Waals surface area (Å²) in [6.07, 6.45) is 1.65. The van der Waals surface area contributed by atoms with Gasteiger partial charge >= 0.3 is 0 Å². The fourth-order valence-corrected chi connectivity index (χ4v) is 2.21. The lowest BCUT2D eigenvalue weighted by molar-refractivity contribution is 0.263. The number of rotatable bonds is 7. The van der Waals surface area contributed by atoms with Crippen LogP contribution in [0.2, 0.25) is 0 Å². The van der Waals surface area contributed by atoms with E-state index in [4.69, 9.17) is 13.9 Å². The van der Waals surface area contributed by atoms with E-state index in [1.807, 2.05) is 30.3 Å². The lowest BCUT2D eigenvalue weighted by atomic mass is 10.1. The lowest BCUT2D eigenvalue weighted by Crippen LogP contribution is -2.19. The fourth-order valence-electron chi connectivity index (χ4n) is 2.21. The van der Waals surface area contributed by atoms with Gasteiger partial charge in [0.15, 0.2) is 0 Å². The molecule has 108 valence electrons. The van der Waals surface area contributed by atoms with E-state index in [-0.39, 0.29) is 6.04 Å². The van der Waals surface area contributed by atoms with Crippen molar-refractivity contribution < 1.29 is 13.9 Å². The number of hydrogen-bond acceptors (Lipinski definition) is 4. The smallest absolute Gasteiger partial charge is 0.146 e. The molecule has 0 spiro atoms. The summed E-state index contributed by atoms with van der Waals surface area (Å²) < 4.78 is 16.6.